The number of hydrogen-bond acceptors (Lipinski definition) is 3. The van der Waals surface area contributed by atoms with Crippen molar-refractivity contribution >= 4 is 11.8 Å². The first kappa shape index (κ1) is 16.2. The number of nitrogens with two attached hydrogens (primary N) is 1. The maximum Gasteiger partial charge on any atom is 0.251 e. The molecule has 20 heavy (non-hydrogen) atoms. The molecule has 0 atom stereocenters. The molecule has 110 valence electrons. The van der Waals surface area contributed by atoms with Gasteiger partial charge in [-0.2, -0.15) is 0 Å². The molecule has 0 aromatic heterocycles. The van der Waals surface area contributed by atoms with E-state index in [-0.39, 0.29) is 24.3 Å². The molecule has 0 bridgehead atoms. The largest absolute Gasteiger partial charge is 0.354 e. The summed E-state index contributed by atoms with van der Waals surface area (Å²) >= 11 is 0. The van der Waals surface area contributed by atoms with Crippen molar-refractivity contribution in [3.63, 3.8) is 0 Å². The van der Waals surface area contributed by atoms with Crippen LogP contribution in [0.25, 0.3) is 0 Å². The van der Waals surface area contributed by atoms with Gasteiger partial charge in [-0.05, 0) is 44.5 Å². The van der Waals surface area contributed by atoms with E-state index >= 15 is 0 Å². The van der Waals surface area contributed by atoms with Gasteiger partial charge in [-0.1, -0.05) is 12.1 Å². The molecular weight excluding hydrogens is 254 g/mol. The molecule has 4 N–H and O–H groups in total. The molecule has 0 radical (unpaired) electrons. The summed E-state index contributed by atoms with van der Waals surface area (Å²) in [6, 6.07) is 7.48. The van der Waals surface area contributed by atoms with Crippen LogP contribution < -0.4 is 16.4 Å². The van der Waals surface area contributed by atoms with Crippen molar-refractivity contribution in [3.8, 4) is 0 Å². The van der Waals surface area contributed by atoms with Crippen LogP contribution in [0.2, 0.25) is 0 Å². The summed E-state index contributed by atoms with van der Waals surface area (Å²) in [5, 5.41) is 5.52. The second-order valence-corrected chi connectivity index (χ2v) is 4.97. The summed E-state index contributed by atoms with van der Waals surface area (Å²) in [4.78, 5) is 23.4. The van der Waals surface area contributed by atoms with E-state index in [0.29, 0.717) is 18.7 Å². The van der Waals surface area contributed by atoms with Gasteiger partial charge in [0.05, 0.1) is 0 Å². The number of benzene rings is 1. The van der Waals surface area contributed by atoms with E-state index in [1.54, 1.807) is 6.07 Å². The van der Waals surface area contributed by atoms with Crippen LogP contribution in [0.3, 0.4) is 0 Å². The Labute approximate surface area is 119 Å². The zero-order valence-electron chi connectivity index (χ0n) is 12.1. The highest BCUT2D eigenvalue weighted by Crippen LogP contribution is 2.05. The van der Waals surface area contributed by atoms with Crippen molar-refractivity contribution in [1.29, 1.82) is 0 Å². The quantitative estimate of drug-likeness (QED) is 0.690. The van der Waals surface area contributed by atoms with Crippen molar-refractivity contribution in [2.24, 2.45) is 5.73 Å². The molecule has 0 saturated carbocycles. The first-order chi connectivity index (χ1) is 9.52. The Kier molecular flexibility index (Phi) is 6.73. The molecule has 0 unspecified atom stereocenters. The van der Waals surface area contributed by atoms with Crippen molar-refractivity contribution in [3.05, 3.63) is 35.4 Å². The second kappa shape index (κ2) is 8.32. The molecule has 0 aliphatic heterocycles. The van der Waals surface area contributed by atoms with E-state index in [9.17, 15) is 9.59 Å². The van der Waals surface area contributed by atoms with Gasteiger partial charge in [0.1, 0.15) is 0 Å². The predicted octanol–water partition coefficient (Wildman–Crippen LogP) is 0.832. The molecule has 2 amide bonds. The molecular formula is C15H23N3O2. The van der Waals surface area contributed by atoms with E-state index < -0.39 is 0 Å². The molecule has 5 heteroatoms. The molecule has 0 aliphatic rings. The van der Waals surface area contributed by atoms with E-state index in [2.05, 4.69) is 10.6 Å². The fraction of sp³-hybridized carbons (Fsp3) is 0.467. The van der Waals surface area contributed by atoms with Crippen LogP contribution in [0.5, 0.6) is 0 Å². The third kappa shape index (κ3) is 5.84. The third-order valence-electron chi connectivity index (χ3n) is 2.71. The lowest BCUT2D eigenvalue weighted by molar-refractivity contribution is -0.121. The molecule has 0 fully saturated rings. The predicted molar refractivity (Wildman–Crippen MR) is 79.4 cm³/mol. The molecule has 0 spiro atoms. The fourth-order valence-corrected chi connectivity index (χ4v) is 1.82. The minimum absolute atomic E-state index is 0.0582. The number of nitrogens with one attached hydrogen (secondary N) is 2. The van der Waals surface area contributed by atoms with Crippen molar-refractivity contribution in [1.82, 2.24) is 10.6 Å². The first-order valence-electron chi connectivity index (χ1n) is 6.89. The highest BCUT2D eigenvalue weighted by atomic mass is 16.2. The van der Waals surface area contributed by atoms with Gasteiger partial charge < -0.3 is 16.4 Å². The van der Waals surface area contributed by atoms with Gasteiger partial charge in [0.15, 0.2) is 0 Å². The van der Waals surface area contributed by atoms with E-state index in [1.807, 2.05) is 32.0 Å². The smallest absolute Gasteiger partial charge is 0.251 e. The lowest BCUT2D eigenvalue weighted by Crippen LogP contribution is -2.34. The molecule has 1 rings (SSSR count). The Morgan fingerprint density at radius 1 is 1.30 bits per heavy atom. The highest BCUT2D eigenvalue weighted by Gasteiger charge is 2.07. The van der Waals surface area contributed by atoms with Crippen LogP contribution in [-0.4, -0.2) is 30.9 Å². The average molecular weight is 277 g/mol. The van der Waals surface area contributed by atoms with Crippen LogP contribution >= 0.6 is 0 Å². The normalized spacial score (nSPS) is 10.4. The molecule has 0 aliphatic carbocycles. The number of amides is 2. The Hall–Kier alpha value is -1.88. The molecule has 5 nitrogen and oxygen atoms in total. The Morgan fingerprint density at radius 2 is 2.05 bits per heavy atom. The Morgan fingerprint density at radius 3 is 2.70 bits per heavy atom. The SMILES string of the molecule is CC(C)NC(=O)CCNC(=O)c1cccc(CCN)c1. The zero-order chi connectivity index (χ0) is 15.0. The summed E-state index contributed by atoms with van der Waals surface area (Å²) in [5.41, 5.74) is 7.13. The summed E-state index contributed by atoms with van der Waals surface area (Å²) in [5.74, 6) is -0.224. The zero-order valence-corrected chi connectivity index (χ0v) is 12.1. The minimum atomic E-state index is -0.166. The standard InChI is InChI=1S/C15H23N3O2/c1-11(2)18-14(19)7-9-17-15(20)13-5-3-4-12(10-13)6-8-16/h3-5,10-11H,6-9,16H2,1-2H3,(H,17,20)(H,18,19). The molecule has 1 aromatic rings. The summed E-state index contributed by atoms with van der Waals surface area (Å²) in [7, 11) is 0. The number of carbonyl (C=O) groups is 2. The van der Waals surface area contributed by atoms with Gasteiger partial charge in [0.2, 0.25) is 5.91 Å². The topological polar surface area (TPSA) is 84.2 Å². The average Bonchev–Trinajstić information content (AvgIpc) is 2.38. The minimum Gasteiger partial charge on any atom is -0.354 e. The van der Waals surface area contributed by atoms with Gasteiger partial charge >= 0.3 is 0 Å². The highest BCUT2D eigenvalue weighted by molar-refractivity contribution is 5.94. The lowest BCUT2D eigenvalue weighted by Gasteiger charge is -2.09. The van der Waals surface area contributed by atoms with Crippen LogP contribution in [0.4, 0.5) is 0 Å². The van der Waals surface area contributed by atoms with Gasteiger partial charge in [-0.25, -0.2) is 0 Å². The number of carbonyl (C=O) groups excluding carboxylic acids is 2. The molecule has 0 heterocycles. The lowest BCUT2D eigenvalue weighted by atomic mass is 10.1. The van der Waals surface area contributed by atoms with Crippen LogP contribution in [0.15, 0.2) is 24.3 Å². The van der Waals surface area contributed by atoms with Gasteiger partial charge in [0, 0.05) is 24.6 Å². The van der Waals surface area contributed by atoms with E-state index in [4.69, 9.17) is 5.73 Å². The maximum absolute atomic E-state index is 11.9. The first-order valence-corrected chi connectivity index (χ1v) is 6.89. The summed E-state index contributed by atoms with van der Waals surface area (Å²) < 4.78 is 0. The van der Waals surface area contributed by atoms with Crippen molar-refractivity contribution in [2.75, 3.05) is 13.1 Å². The van der Waals surface area contributed by atoms with Gasteiger partial charge in [0.25, 0.3) is 5.91 Å². The van der Waals surface area contributed by atoms with Crippen molar-refractivity contribution < 1.29 is 9.59 Å². The fourth-order valence-electron chi connectivity index (χ4n) is 1.82. The number of hydrogen-bond donors (Lipinski definition) is 3. The second-order valence-electron chi connectivity index (χ2n) is 4.97. The Bertz CT molecular complexity index is 458. The Balaban J connectivity index is 2.43. The van der Waals surface area contributed by atoms with Crippen LogP contribution in [0.1, 0.15) is 36.2 Å². The monoisotopic (exact) mass is 277 g/mol. The van der Waals surface area contributed by atoms with E-state index in [0.717, 1.165) is 12.0 Å². The van der Waals surface area contributed by atoms with Crippen LogP contribution in [-0.2, 0) is 11.2 Å². The van der Waals surface area contributed by atoms with Gasteiger partial charge in [-0.3, -0.25) is 9.59 Å². The summed E-state index contributed by atoms with van der Waals surface area (Å²) in [6.45, 7) is 4.69. The molecule has 0 saturated heterocycles. The molecule has 1 aromatic carbocycles. The summed E-state index contributed by atoms with van der Waals surface area (Å²) in [6.07, 6.45) is 1.03. The number of rotatable bonds is 7. The third-order valence-corrected chi connectivity index (χ3v) is 2.71. The maximum atomic E-state index is 11.9. The van der Waals surface area contributed by atoms with Gasteiger partial charge in [-0.15, -0.1) is 0 Å². The van der Waals surface area contributed by atoms with Crippen molar-refractivity contribution in [2.45, 2.75) is 32.7 Å². The van der Waals surface area contributed by atoms with E-state index in [1.165, 1.54) is 0 Å². The van der Waals surface area contributed by atoms with Crippen LogP contribution in [0, 0.1) is 0 Å².